The summed E-state index contributed by atoms with van der Waals surface area (Å²) in [6.45, 7) is 7.81. The molecule has 2 aromatic rings. The van der Waals surface area contributed by atoms with Crippen LogP contribution in [0.3, 0.4) is 0 Å². The summed E-state index contributed by atoms with van der Waals surface area (Å²) in [4.78, 5) is 39.7. The summed E-state index contributed by atoms with van der Waals surface area (Å²) < 4.78 is 0. The number of hydrogen-bond acceptors (Lipinski definition) is 6. The first-order valence-electron chi connectivity index (χ1n) is 12.7. The van der Waals surface area contributed by atoms with Gasteiger partial charge in [-0.1, -0.05) is 38.1 Å². The number of likely N-dealkylation sites (tertiary alicyclic amines) is 2. The molecule has 2 fully saturated rings. The molecule has 0 saturated carbocycles. The zero-order valence-electron chi connectivity index (χ0n) is 20.7. The smallest absolute Gasteiger partial charge is 0.236 e. The van der Waals surface area contributed by atoms with Crippen LogP contribution in [0.15, 0.2) is 42.6 Å². The first-order chi connectivity index (χ1) is 17.2. The number of carbonyl (C=O) groups is 2. The van der Waals surface area contributed by atoms with Crippen molar-refractivity contribution < 1.29 is 11.0 Å². The highest BCUT2D eigenvalue weighted by atomic mass is 32.2. The standard InChI is InChI=1S/C25H29N5O2S.C2H6.H2/c31-23(17-29-10-2-3-11-29)30-12-8-18(9-13-30)24(32)28-25-26-16-20-7-6-19(15-21(20)27-25)22-5-1-4-14-33-22;1-2;/h1,4-7,15-16,18H,2-3,8-14,17H2,(H,26,27,28,32);1-2H3;1H. The number of aromatic nitrogens is 2. The van der Waals surface area contributed by atoms with Gasteiger partial charge < -0.3 is 4.90 Å². The Morgan fingerprint density at radius 2 is 1.91 bits per heavy atom. The summed E-state index contributed by atoms with van der Waals surface area (Å²) in [5.41, 5.74) is 1.94. The van der Waals surface area contributed by atoms with Gasteiger partial charge in [-0.3, -0.25) is 19.8 Å². The average molecular weight is 496 g/mol. The summed E-state index contributed by atoms with van der Waals surface area (Å²) >= 11 is 1.80. The van der Waals surface area contributed by atoms with E-state index in [4.69, 9.17) is 0 Å². The van der Waals surface area contributed by atoms with Crippen LogP contribution in [0.25, 0.3) is 15.8 Å². The molecule has 8 heteroatoms. The number of piperidine rings is 1. The predicted octanol–water partition coefficient (Wildman–Crippen LogP) is 4.82. The van der Waals surface area contributed by atoms with Crippen molar-refractivity contribution in [3.05, 3.63) is 48.2 Å². The third-order valence-corrected chi connectivity index (χ3v) is 7.64. The van der Waals surface area contributed by atoms with Crippen LogP contribution < -0.4 is 5.32 Å². The molecular weight excluding hydrogens is 458 g/mol. The zero-order valence-corrected chi connectivity index (χ0v) is 21.5. The topological polar surface area (TPSA) is 78.4 Å². The number of nitrogens with zero attached hydrogens (tertiary/aromatic N) is 4. The van der Waals surface area contributed by atoms with Crippen molar-refractivity contribution in [1.29, 1.82) is 0 Å². The van der Waals surface area contributed by atoms with Gasteiger partial charge in [0, 0.05) is 42.7 Å². The molecule has 35 heavy (non-hydrogen) atoms. The number of allylic oxidation sites excluding steroid dienone is 2. The number of amides is 2. The maximum atomic E-state index is 12.9. The van der Waals surface area contributed by atoms with Crippen LogP contribution in [0.4, 0.5) is 5.95 Å². The number of fused-ring (bicyclic) bond motifs is 1. The highest BCUT2D eigenvalue weighted by Crippen LogP contribution is 2.31. The van der Waals surface area contributed by atoms with Crippen molar-refractivity contribution in [2.24, 2.45) is 5.92 Å². The summed E-state index contributed by atoms with van der Waals surface area (Å²) in [5, 5.41) is 3.84. The number of hydrogen-bond donors (Lipinski definition) is 1. The van der Waals surface area contributed by atoms with Crippen molar-refractivity contribution in [3.63, 3.8) is 0 Å². The quantitative estimate of drug-likeness (QED) is 0.641. The van der Waals surface area contributed by atoms with E-state index in [-0.39, 0.29) is 19.2 Å². The van der Waals surface area contributed by atoms with Gasteiger partial charge in [0.15, 0.2) is 0 Å². The molecule has 5 rings (SSSR count). The molecule has 1 aromatic carbocycles. The Morgan fingerprint density at radius 1 is 1.14 bits per heavy atom. The molecule has 188 valence electrons. The van der Waals surface area contributed by atoms with E-state index in [1.165, 1.54) is 17.7 Å². The predicted molar refractivity (Wildman–Crippen MR) is 146 cm³/mol. The maximum absolute atomic E-state index is 12.9. The third kappa shape index (κ3) is 6.49. The maximum Gasteiger partial charge on any atom is 0.236 e. The van der Waals surface area contributed by atoms with Gasteiger partial charge in [0.1, 0.15) is 0 Å². The van der Waals surface area contributed by atoms with E-state index >= 15 is 0 Å². The highest BCUT2D eigenvalue weighted by Gasteiger charge is 2.28. The van der Waals surface area contributed by atoms with E-state index in [2.05, 4.69) is 50.5 Å². The van der Waals surface area contributed by atoms with Gasteiger partial charge in [0.2, 0.25) is 17.8 Å². The van der Waals surface area contributed by atoms with Crippen molar-refractivity contribution >= 4 is 45.3 Å². The molecule has 1 aromatic heterocycles. The second-order valence-electron chi connectivity index (χ2n) is 8.86. The lowest BCUT2D eigenvalue weighted by Gasteiger charge is -2.32. The van der Waals surface area contributed by atoms with E-state index in [9.17, 15) is 9.59 Å². The van der Waals surface area contributed by atoms with Crippen LogP contribution in [0, 0.1) is 5.92 Å². The van der Waals surface area contributed by atoms with Gasteiger partial charge in [-0.05, 0) is 56.5 Å². The molecule has 3 aliphatic rings. The Labute approximate surface area is 213 Å². The summed E-state index contributed by atoms with van der Waals surface area (Å²) in [7, 11) is 0. The molecule has 3 aliphatic heterocycles. The van der Waals surface area contributed by atoms with Crippen molar-refractivity contribution in [2.75, 3.05) is 43.8 Å². The fourth-order valence-electron chi connectivity index (χ4n) is 4.65. The zero-order chi connectivity index (χ0) is 24.6. The molecule has 0 unspecified atom stereocenters. The molecule has 1 N–H and O–H groups in total. The number of nitrogens with one attached hydrogen (secondary N) is 1. The van der Waals surface area contributed by atoms with Crippen molar-refractivity contribution in [2.45, 2.75) is 39.5 Å². The number of benzene rings is 1. The number of carbonyl (C=O) groups excluding carboxylic acids is 2. The van der Waals surface area contributed by atoms with Crippen LogP contribution in [-0.2, 0) is 9.59 Å². The molecule has 0 atom stereocenters. The van der Waals surface area contributed by atoms with Gasteiger partial charge in [-0.2, -0.15) is 0 Å². The SMILES string of the molecule is CC.O=C(Nc1ncc2ccc(C3=CC=CCS3)cc2n1)C1CCN(C(=O)CN2CCCC2)CC1.[HH]. The summed E-state index contributed by atoms with van der Waals surface area (Å²) in [6, 6.07) is 6.15. The van der Waals surface area contributed by atoms with Crippen molar-refractivity contribution in [3.8, 4) is 0 Å². The molecule has 2 amide bonds. The van der Waals surface area contributed by atoms with Gasteiger partial charge in [-0.25, -0.2) is 9.97 Å². The van der Waals surface area contributed by atoms with Crippen LogP contribution >= 0.6 is 11.8 Å². The lowest BCUT2D eigenvalue weighted by Crippen LogP contribution is -2.45. The molecule has 7 nitrogen and oxygen atoms in total. The second-order valence-corrected chi connectivity index (χ2v) is 9.93. The number of thioether (sulfide) groups is 1. The molecule has 4 heterocycles. The van der Waals surface area contributed by atoms with E-state index in [1.807, 2.05) is 24.8 Å². The van der Waals surface area contributed by atoms with E-state index in [1.54, 1.807) is 18.0 Å². The monoisotopic (exact) mass is 495 g/mol. The minimum absolute atomic E-state index is 0. The highest BCUT2D eigenvalue weighted by molar-refractivity contribution is 8.08. The van der Waals surface area contributed by atoms with Crippen LogP contribution in [-0.4, -0.2) is 70.1 Å². The Bertz CT molecular complexity index is 1110. The van der Waals surface area contributed by atoms with E-state index in [0.717, 1.165) is 35.3 Å². The molecule has 0 bridgehead atoms. The molecule has 0 aliphatic carbocycles. The Kier molecular flexibility index (Phi) is 8.93. The fourth-order valence-corrected chi connectivity index (χ4v) is 5.50. The van der Waals surface area contributed by atoms with Crippen LogP contribution in [0.2, 0.25) is 0 Å². The third-order valence-electron chi connectivity index (χ3n) is 6.60. The molecular formula is C27H37N5O2S. The largest absolute Gasteiger partial charge is 0.342 e. The van der Waals surface area contributed by atoms with Gasteiger partial charge in [0.05, 0.1) is 12.1 Å². The van der Waals surface area contributed by atoms with Gasteiger partial charge >= 0.3 is 0 Å². The lowest BCUT2D eigenvalue weighted by atomic mass is 9.96. The molecule has 2 saturated heterocycles. The summed E-state index contributed by atoms with van der Waals surface area (Å²) in [5.74, 6) is 1.31. The van der Waals surface area contributed by atoms with Gasteiger partial charge in [0.25, 0.3) is 0 Å². The first kappa shape index (κ1) is 25.4. The van der Waals surface area contributed by atoms with E-state index < -0.39 is 0 Å². The second kappa shape index (κ2) is 12.3. The van der Waals surface area contributed by atoms with E-state index in [0.29, 0.717) is 38.4 Å². The Morgan fingerprint density at radius 3 is 2.63 bits per heavy atom. The molecule has 0 spiro atoms. The van der Waals surface area contributed by atoms with Crippen molar-refractivity contribution in [1.82, 2.24) is 19.8 Å². The Balaban J connectivity index is 0.00000117. The molecule has 0 radical (unpaired) electrons. The Hall–Kier alpha value is -2.71. The number of rotatable bonds is 5. The van der Waals surface area contributed by atoms with Crippen LogP contribution in [0.1, 0.15) is 46.5 Å². The normalized spacial score (nSPS) is 18.7. The minimum Gasteiger partial charge on any atom is -0.342 e. The number of anilines is 1. The summed E-state index contributed by atoms with van der Waals surface area (Å²) in [6.07, 6.45) is 11.8. The van der Waals surface area contributed by atoms with Gasteiger partial charge in [-0.15, -0.1) is 11.8 Å². The minimum atomic E-state index is -0.123. The fraction of sp³-hybridized carbons (Fsp3) is 0.481. The van der Waals surface area contributed by atoms with Crippen LogP contribution in [0.5, 0.6) is 0 Å². The first-order valence-corrected chi connectivity index (χ1v) is 13.7. The lowest BCUT2D eigenvalue weighted by molar-refractivity contribution is -0.135. The average Bonchev–Trinajstić information content (AvgIpc) is 3.43.